The van der Waals surface area contributed by atoms with Gasteiger partial charge in [0.1, 0.15) is 0 Å². The smallest absolute Gasteiger partial charge is 0.187 e. The first-order valence-corrected chi connectivity index (χ1v) is 8.23. The molecule has 0 spiro atoms. The van der Waals surface area contributed by atoms with Crippen LogP contribution in [0.15, 0.2) is 49.8 Å². The van der Waals surface area contributed by atoms with E-state index in [0.717, 1.165) is 24.7 Å². The second-order valence-electron chi connectivity index (χ2n) is 4.28. The average molecular weight is 474 g/mol. The van der Waals surface area contributed by atoms with Gasteiger partial charge in [0.2, 0.25) is 0 Å². The SMILES string of the molecule is Nc1cc(Br)cc(-c2nnnn2-c2ccc(Br)cc2Br)c1. The molecule has 0 amide bonds. The summed E-state index contributed by atoms with van der Waals surface area (Å²) in [4.78, 5) is 0. The molecule has 2 N–H and O–H groups in total. The second-order valence-corrected chi connectivity index (χ2v) is 6.97. The summed E-state index contributed by atoms with van der Waals surface area (Å²) in [6.45, 7) is 0. The largest absolute Gasteiger partial charge is 0.399 e. The minimum atomic E-state index is 0.617. The van der Waals surface area contributed by atoms with Crippen LogP contribution in [0.2, 0.25) is 0 Å². The number of nitrogens with zero attached hydrogens (tertiary/aromatic N) is 4. The lowest BCUT2D eigenvalue weighted by molar-refractivity contribution is 0.789. The van der Waals surface area contributed by atoms with Crippen LogP contribution in [0.3, 0.4) is 0 Å². The quantitative estimate of drug-likeness (QED) is 0.566. The summed E-state index contributed by atoms with van der Waals surface area (Å²) in [5.74, 6) is 0.617. The Bertz CT molecular complexity index is 795. The van der Waals surface area contributed by atoms with Crippen LogP contribution in [-0.4, -0.2) is 20.2 Å². The van der Waals surface area contributed by atoms with Gasteiger partial charge in [-0.2, -0.15) is 4.68 Å². The van der Waals surface area contributed by atoms with Crippen LogP contribution in [0.5, 0.6) is 0 Å². The van der Waals surface area contributed by atoms with E-state index >= 15 is 0 Å². The summed E-state index contributed by atoms with van der Waals surface area (Å²) in [5.41, 5.74) is 8.20. The fraction of sp³-hybridized carbons (Fsp3) is 0. The van der Waals surface area contributed by atoms with Crippen molar-refractivity contribution in [2.24, 2.45) is 0 Å². The molecule has 106 valence electrons. The number of nitrogen functional groups attached to an aromatic ring is 1. The number of aromatic nitrogens is 4. The highest BCUT2D eigenvalue weighted by molar-refractivity contribution is 9.11. The minimum Gasteiger partial charge on any atom is -0.399 e. The Morgan fingerprint density at radius 2 is 1.76 bits per heavy atom. The lowest BCUT2D eigenvalue weighted by atomic mass is 10.2. The molecule has 0 saturated carbocycles. The van der Waals surface area contributed by atoms with Crippen LogP contribution < -0.4 is 5.73 Å². The van der Waals surface area contributed by atoms with E-state index in [4.69, 9.17) is 5.73 Å². The molecule has 0 fully saturated rings. The Morgan fingerprint density at radius 3 is 2.48 bits per heavy atom. The van der Waals surface area contributed by atoms with Crippen LogP contribution in [0.25, 0.3) is 17.1 Å². The van der Waals surface area contributed by atoms with Crippen LogP contribution in [0, 0.1) is 0 Å². The summed E-state index contributed by atoms with van der Waals surface area (Å²) >= 11 is 10.4. The average Bonchev–Trinajstić information content (AvgIpc) is 2.86. The third-order valence-electron chi connectivity index (χ3n) is 2.79. The first kappa shape index (κ1) is 14.7. The summed E-state index contributed by atoms with van der Waals surface area (Å²) in [6, 6.07) is 11.4. The predicted octanol–water partition coefficient (Wildman–Crippen LogP) is 4.20. The third kappa shape index (κ3) is 3.02. The van der Waals surface area contributed by atoms with Crippen molar-refractivity contribution in [3.63, 3.8) is 0 Å². The number of benzene rings is 2. The Kier molecular flexibility index (Phi) is 4.10. The van der Waals surface area contributed by atoms with Crippen molar-refractivity contribution in [1.82, 2.24) is 20.2 Å². The molecule has 21 heavy (non-hydrogen) atoms. The minimum absolute atomic E-state index is 0.617. The molecule has 0 atom stereocenters. The van der Waals surface area contributed by atoms with E-state index in [9.17, 15) is 0 Å². The number of anilines is 1. The Hall–Kier alpha value is -1.25. The fourth-order valence-corrected chi connectivity index (χ4v) is 3.65. The van der Waals surface area contributed by atoms with Gasteiger partial charge < -0.3 is 5.73 Å². The molecule has 0 unspecified atom stereocenters. The molecule has 1 heterocycles. The molecule has 0 radical (unpaired) electrons. The van der Waals surface area contributed by atoms with Crippen molar-refractivity contribution >= 4 is 53.5 Å². The number of nitrogens with two attached hydrogens (primary N) is 1. The number of rotatable bonds is 2. The van der Waals surface area contributed by atoms with Crippen molar-refractivity contribution in [2.45, 2.75) is 0 Å². The molecule has 2 aromatic carbocycles. The molecular formula is C13H8Br3N5. The molecule has 5 nitrogen and oxygen atoms in total. The molecule has 0 aliphatic carbocycles. The summed E-state index contributed by atoms with van der Waals surface area (Å²) in [5, 5.41) is 11.9. The van der Waals surface area contributed by atoms with Gasteiger partial charge in [0, 0.05) is 24.7 Å². The molecule has 0 saturated heterocycles. The van der Waals surface area contributed by atoms with Crippen molar-refractivity contribution in [3.05, 3.63) is 49.8 Å². The summed E-state index contributed by atoms with van der Waals surface area (Å²) in [6.07, 6.45) is 0. The van der Waals surface area contributed by atoms with E-state index in [2.05, 4.69) is 63.3 Å². The van der Waals surface area contributed by atoms with Crippen LogP contribution in [0.1, 0.15) is 0 Å². The Balaban J connectivity index is 2.17. The van der Waals surface area contributed by atoms with Gasteiger partial charge in [-0.1, -0.05) is 31.9 Å². The van der Waals surface area contributed by atoms with Gasteiger partial charge in [-0.05, 0) is 62.8 Å². The zero-order valence-corrected chi connectivity index (χ0v) is 15.2. The highest BCUT2D eigenvalue weighted by atomic mass is 79.9. The number of hydrogen-bond acceptors (Lipinski definition) is 4. The van der Waals surface area contributed by atoms with Gasteiger partial charge in [0.05, 0.1) is 5.69 Å². The van der Waals surface area contributed by atoms with Crippen molar-refractivity contribution in [2.75, 3.05) is 5.73 Å². The van der Waals surface area contributed by atoms with Crippen molar-refractivity contribution in [3.8, 4) is 17.1 Å². The third-order valence-corrected chi connectivity index (χ3v) is 4.37. The first-order valence-electron chi connectivity index (χ1n) is 5.85. The number of hydrogen-bond donors (Lipinski definition) is 1. The van der Waals surface area contributed by atoms with E-state index in [1.165, 1.54) is 0 Å². The first-order chi connectivity index (χ1) is 10.0. The zero-order chi connectivity index (χ0) is 15.0. The maximum absolute atomic E-state index is 5.88. The topological polar surface area (TPSA) is 69.6 Å². The van der Waals surface area contributed by atoms with E-state index in [-0.39, 0.29) is 0 Å². The lowest BCUT2D eigenvalue weighted by Gasteiger charge is -2.08. The van der Waals surface area contributed by atoms with Crippen molar-refractivity contribution in [1.29, 1.82) is 0 Å². The zero-order valence-electron chi connectivity index (χ0n) is 10.5. The number of tetrazole rings is 1. The van der Waals surface area contributed by atoms with E-state index < -0.39 is 0 Å². The van der Waals surface area contributed by atoms with Crippen LogP contribution in [0.4, 0.5) is 5.69 Å². The monoisotopic (exact) mass is 471 g/mol. The van der Waals surface area contributed by atoms with Crippen LogP contribution in [-0.2, 0) is 0 Å². The molecule has 0 aliphatic rings. The molecule has 1 aromatic heterocycles. The maximum Gasteiger partial charge on any atom is 0.187 e. The van der Waals surface area contributed by atoms with E-state index in [0.29, 0.717) is 11.5 Å². The Labute approximate surface area is 145 Å². The standard InChI is InChI=1S/C13H8Br3N5/c14-8-1-2-12(11(16)6-8)21-13(18-19-20-21)7-3-9(15)5-10(17)4-7/h1-6H,17H2. The van der Waals surface area contributed by atoms with Gasteiger partial charge in [-0.3, -0.25) is 0 Å². The van der Waals surface area contributed by atoms with Gasteiger partial charge >= 0.3 is 0 Å². The van der Waals surface area contributed by atoms with Gasteiger partial charge in [0.15, 0.2) is 5.82 Å². The van der Waals surface area contributed by atoms with E-state index in [1.807, 2.05) is 36.4 Å². The number of halogens is 3. The summed E-state index contributed by atoms with van der Waals surface area (Å²) < 4.78 is 4.40. The molecule has 0 bridgehead atoms. The maximum atomic E-state index is 5.88. The molecule has 3 aromatic rings. The Morgan fingerprint density at radius 1 is 0.952 bits per heavy atom. The normalized spacial score (nSPS) is 10.8. The molecule has 8 heteroatoms. The highest BCUT2D eigenvalue weighted by Gasteiger charge is 2.14. The molecular weight excluding hydrogens is 466 g/mol. The molecule has 3 rings (SSSR count). The van der Waals surface area contributed by atoms with Crippen molar-refractivity contribution < 1.29 is 0 Å². The van der Waals surface area contributed by atoms with Gasteiger partial charge in [-0.25, -0.2) is 0 Å². The van der Waals surface area contributed by atoms with Crippen LogP contribution >= 0.6 is 47.8 Å². The summed E-state index contributed by atoms with van der Waals surface area (Å²) in [7, 11) is 0. The highest BCUT2D eigenvalue weighted by Crippen LogP contribution is 2.29. The molecule has 0 aliphatic heterocycles. The van der Waals surface area contributed by atoms with Gasteiger partial charge in [0.25, 0.3) is 0 Å². The van der Waals surface area contributed by atoms with Gasteiger partial charge in [-0.15, -0.1) is 5.10 Å². The van der Waals surface area contributed by atoms with E-state index in [1.54, 1.807) is 4.68 Å². The lowest BCUT2D eigenvalue weighted by Crippen LogP contribution is -2.01. The second kappa shape index (κ2) is 5.86. The fourth-order valence-electron chi connectivity index (χ4n) is 1.92. The predicted molar refractivity (Wildman–Crippen MR) is 92.1 cm³/mol.